The minimum absolute atomic E-state index is 0.0231. The topological polar surface area (TPSA) is 9.23 Å². The summed E-state index contributed by atoms with van der Waals surface area (Å²) in [6.07, 6.45) is 0. The van der Waals surface area contributed by atoms with Crippen molar-refractivity contribution in [1.82, 2.24) is 0 Å². The van der Waals surface area contributed by atoms with E-state index in [1.54, 1.807) is 12.0 Å². The van der Waals surface area contributed by atoms with Gasteiger partial charge in [-0.3, -0.25) is 4.18 Å². The number of hydrogen-bond acceptors (Lipinski definition) is 3. The van der Waals surface area contributed by atoms with Crippen LogP contribution in [-0.2, 0) is 13.2 Å². The van der Waals surface area contributed by atoms with Gasteiger partial charge in [0.15, 0.2) is 4.93 Å². The van der Waals surface area contributed by atoms with Crippen molar-refractivity contribution in [2.75, 3.05) is 0 Å². The molecule has 3 rings (SSSR count). The number of rotatable bonds is 2. The summed E-state index contributed by atoms with van der Waals surface area (Å²) >= 11 is 3.63. The Morgan fingerprint density at radius 3 is 1.52 bits per heavy atom. The molecule has 0 amide bonds. The van der Waals surface area contributed by atoms with Crippen molar-refractivity contribution in [3.8, 4) is 0 Å². The highest BCUT2D eigenvalue weighted by molar-refractivity contribution is 8.18. The summed E-state index contributed by atoms with van der Waals surface area (Å²) in [5, 5.41) is 0. The van der Waals surface area contributed by atoms with Crippen LogP contribution in [-0.4, -0.2) is 0 Å². The fraction of sp³-hybridized carbons (Fsp3) is 0.500. The van der Waals surface area contributed by atoms with Crippen molar-refractivity contribution < 1.29 is 4.18 Å². The number of hydrogen-bond donors (Lipinski definition) is 0. The van der Waals surface area contributed by atoms with E-state index in [1.165, 1.54) is 22.3 Å². The average molecular weight is 401 g/mol. The zero-order valence-corrected chi connectivity index (χ0v) is 19.5. The minimum Gasteiger partial charge on any atom is -0.291 e. The van der Waals surface area contributed by atoms with Gasteiger partial charge in [-0.15, -0.1) is 0 Å². The fourth-order valence-corrected chi connectivity index (χ4v) is 6.95. The molecule has 146 valence electrons. The Morgan fingerprint density at radius 1 is 0.667 bits per heavy atom. The summed E-state index contributed by atoms with van der Waals surface area (Å²) in [6.45, 7) is 18.1. The summed E-state index contributed by atoms with van der Waals surface area (Å²) in [5.41, 5.74) is 5.11. The standard InChI is InChI=1S/C24H32OS2/c1-17-9-13-19(14-10-17)23(21(3,4)5)25-27-24(26-23,22(6,7)8)20-15-11-18(2)12-16-20/h9-16H,1-8H3/t23-,24-/m1/s1. The van der Waals surface area contributed by atoms with Crippen LogP contribution in [0, 0.1) is 24.7 Å². The first-order chi connectivity index (χ1) is 12.4. The van der Waals surface area contributed by atoms with Crippen LogP contribution in [0.5, 0.6) is 0 Å². The molecule has 0 aliphatic carbocycles. The molecular weight excluding hydrogens is 368 g/mol. The summed E-state index contributed by atoms with van der Waals surface area (Å²) < 4.78 is 6.56. The van der Waals surface area contributed by atoms with E-state index in [9.17, 15) is 0 Å². The molecule has 1 saturated heterocycles. The van der Waals surface area contributed by atoms with Crippen molar-refractivity contribution in [3.63, 3.8) is 0 Å². The summed E-state index contributed by atoms with van der Waals surface area (Å²) in [5.74, 6) is 0. The molecule has 2 aromatic rings. The molecule has 1 aliphatic rings. The Balaban J connectivity index is 2.17. The second-order valence-electron chi connectivity index (χ2n) is 9.73. The lowest BCUT2D eigenvalue weighted by molar-refractivity contribution is 0.0767. The maximum Gasteiger partial charge on any atom is 0.160 e. The molecule has 0 saturated carbocycles. The van der Waals surface area contributed by atoms with Crippen molar-refractivity contribution in [3.05, 3.63) is 70.8 Å². The molecule has 0 radical (unpaired) electrons. The fourth-order valence-electron chi connectivity index (χ4n) is 3.54. The van der Waals surface area contributed by atoms with Crippen molar-refractivity contribution in [2.24, 2.45) is 10.8 Å². The second kappa shape index (κ2) is 6.86. The van der Waals surface area contributed by atoms with Crippen LogP contribution < -0.4 is 0 Å². The highest BCUT2D eigenvalue weighted by atomic mass is 32.2. The first kappa shape index (κ1) is 20.8. The van der Waals surface area contributed by atoms with Gasteiger partial charge in [0, 0.05) is 17.5 Å². The van der Waals surface area contributed by atoms with Gasteiger partial charge in [-0.05, 0) is 30.4 Å². The van der Waals surface area contributed by atoms with Crippen molar-refractivity contribution in [2.45, 2.75) is 64.4 Å². The first-order valence-corrected chi connectivity index (χ1v) is 11.2. The lowest BCUT2D eigenvalue weighted by Gasteiger charge is -2.44. The van der Waals surface area contributed by atoms with E-state index in [1.807, 2.05) is 11.8 Å². The quantitative estimate of drug-likeness (QED) is 0.476. The molecule has 1 heterocycles. The smallest absolute Gasteiger partial charge is 0.160 e. The van der Waals surface area contributed by atoms with E-state index in [4.69, 9.17) is 4.18 Å². The van der Waals surface area contributed by atoms with Gasteiger partial charge in [0.25, 0.3) is 0 Å². The molecule has 1 fully saturated rings. The third-order valence-corrected chi connectivity index (χ3v) is 9.73. The molecule has 1 aliphatic heterocycles. The molecule has 0 aromatic heterocycles. The predicted octanol–water partition coefficient (Wildman–Crippen LogP) is 7.81. The van der Waals surface area contributed by atoms with E-state index < -0.39 is 4.93 Å². The van der Waals surface area contributed by atoms with Crippen LogP contribution in [0.25, 0.3) is 0 Å². The molecule has 2 aromatic carbocycles. The van der Waals surface area contributed by atoms with Crippen LogP contribution in [0.3, 0.4) is 0 Å². The van der Waals surface area contributed by atoms with Gasteiger partial charge in [0.2, 0.25) is 0 Å². The molecule has 27 heavy (non-hydrogen) atoms. The largest absolute Gasteiger partial charge is 0.291 e. The van der Waals surface area contributed by atoms with Gasteiger partial charge in [0.05, 0.1) is 0 Å². The molecule has 1 nitrogen and oxygen atoms in total. The van der Waals surface area contributed by atoms with Crippen LogP contribution in [0.1, 0.15) is 63.8 Å². The van der Waals surface area contributed by atoms with Crippen LogP contribution >= 0.6 is 23.8 Å². The molecule has 0 unspecified atom stereocenters. The predicted molar refractivity (Wildman–Crippen MR) is 121 cm³/mol. The normalized spacial score (nSPS) is 26.4. The first-order valence-electron chi connectivity index (χ1n) is 9.63. The van der Waals surface area contributed by atoms with E-state index in [0.717, 1.165) is 0 Å². The lowest BCUT2D eigenvalue weighted by Crippen LogP contribution is -2.39. The zero-order valence-electron chi connectivity index (χ0n) is 17.8. The molecule has 2 atom stereocenters. The highest BCUT2D eigenvalue weighted by Gasteiger charge is 2.62. The highest BCUT2D eigenvalue weighted by Crippen LogP contribution is 2.74. The Bertz CT molecular complexity index is 727. The molecule has 0 N–H and O–H groups in total. The maximum absolute atomic E-state index is 6.74. The Hall–Kier alpha value is -0.900. The van der Waals surface area contributed by atoms with E-state index in [0.29, 0.717) is 0 Å². The Labute approximate surface area is 173 Å². The summed E-state index contributed by atoms with van der Waals surface area (Å²) in [7, 11) is 0. The van der Waals surface area contributed by atoms with Crippen LogP contribution in [0.4, 0.5) is 0 Å². The van der Waals surface area contributed by atoms with Gasteiger partial charge in [0.1, 0.15) is 4.08 Å². The summed E-state index contributed by atoms with van der Waals surface area (Å²) in [4.78, 5) is -0.413. The monoisotopic (exact) mass is 400 g/mol. The van der Waals surface area contributed by atoms with E-state index >= 15 is 0 Å². The lowest BCUT2D eigenvalue weighted by atomic mass is 9.83. The zero-order chi connectivity index (χ0) is 20.1. The van der Waals surface area contributed by atoms with Gasteiger partial charge in [-0.1, -0.05) is 113 Å². The van der Waals surface area contributed by atoms with Gasteiger partial charge < -0.3 is 0 Å². The van der Waals surface area contributed by atoms with Crippen molar-refractivity contribution in [1.29, 1.82) is 0 Å². The molecule has 0 spiro atoms. The van der Waals surface area contributed by atoms with Gasteiger partial charge in [-0.25, -0.2) is 0 Å². The van der Waals surface area contributed by atoms with Gasteiger partial charge in [-0.2, -0.15) is 0 Å². The van der Waals surface area contributed by atoms with Crippen LogP contribution in [0.15, 0.2) is 48.5 Å². The van der Waals surface area contributed by atoms with Gasteiger partial charge >= 0.3 is 0 Å². The average Bonchev–Trinajstić information content (AvgIpc) is 2.99. The number of aryl methyl sites for hydroxylation is 2. The van der Waals surface area contributed by atoms with E-state index in [-0.39, 0.29) is 14.9 Å². The maximum atomic E-state index is 6.74. The summed E-state index contributed by atoms with van der Waals surface area (Å²) in [6, 6.07) is 17.8. The number of thioether (sulfide) groups is 1. The minimum atomic E-state index is -0.413. The molecule has 0 bridgehead atoms. The third kappa shape index (κ3) is 3.47. The Morgan fingerprint density at radius 2 is 1.11 bits per heavy atom. The third-order valence-electron chi connectivity index (χ3n) is 5.40. The molecular formula is C24H32OS2. The SMILES string of the molecule is Cc1ccc([C@]2(C(C)(C)C)SO[C@@](c3ccc(C)cc3)(C(C)(C)C)S2)cc1. The number of benzene rings is 2. The second-order valence-corrected chi connectivity index (χ2v) is 12.3. The van der Waals surface area contributed by atoms with E-state index in [2.05, 4.69) is 104 Å². The Kier molecular flexibility index (Phi) is 5.29. The molecule has 3 heteroatoms. The van der Waals surface area contributed by atoms with Crippen molar-refractivity contribution >= 4 is 23.8 Å². The van der Waals surface area contributed by atoms with Crippen LogP contribution in [0.2, 0.25) is 0 Å².